The highest BCUT2D eigenvalue weighted by molar-refractivity contribution is 6.06. The number of amides is 1. The van der Waals surface area contributed by atoms with Crippen molar-refractivity contribution in [3.63, 3.8) is 0 Å². The Balaban J connectivity index is 2.49. The number of nitrogens with one attached hydrogen (secondary N) is 1. The van der Waals surface area contributed by atoms with E-state index < -0.39 is 18.9 Å². The van der Waals surface area contributed by atoms with E-state index in [0.717, 1.165) is 4.90 Å². The number of carbonyl (C=O) groups is 1. The Hall–Kier alpha value is -2.24. The molecule has 6 heteroatoms. The van der Waals surface area contributed by atoms with Crippen LogP contribution in [0.15, 0.2) is 30.3 Å². The molecule has 1 N–H and O–H groups in total. The van der Waals surface area contributed by atoms with Crippen molar-refractivity contribution in [2.24, 2.45) is 0 Å². The summed E-state index contributed by atoms with van der Waals surface area (Å²) in [6.45, 7) is -0.593. The van der Waals surface area contributed by atoms with E-state index in [2.05, 4.69) is 10.3 Å². The van der Waals surface area contributed by atoms with Crippen LogP contribution in [-0.4, -0.2) is 42.9 Å². The number of hydrogen-bond acceptors (Lipinski definition) is 3. The van der Waals surface area contributed by atoms with Gasteiger partial charge in [0, 0.05) is 19.5 Å². The van der Waals surface area contributed by atoms with Gasteiger partial charge in [0.15, 0.2) is 0 Å². The first-order chi connectivity index (χ1) is 9.52. The summed E-state index contributed by atoms with van der Waals surface area (Å²) in [5.74, 6) is 0.0814. The molecule has 0 bridgehead atoms. The molecule has 0 aliphatic heterocycles. The molecule has 0 aliphatic carbocycles. The molecule has 106 valence electrons. The van der Waals surface area contributed by atoms with Crippen LogP contribution >= 0.6 is 0 Å². The second-order valence-corrected chi connectivity index (χ2v) is 4.40. The number of anilines is 1. The van der Waals surface area contributed by atoms with Crippen molar-refractivity contribution in [1.29, 1.82) is 0 Å². The zero-order chi connectivity index (χ0) is 14.7. The van der Waals surface area contributed by atoms with E-state index >= 15 is 0 Å². The van der Waals surface area contributed by atoms with Gasteiger partial charge in [-0.2, -0.15) is 0 Å². The number of aromatic nitrogens is 1. The van der Waals surface area contributed by atoms with Gasteiger partial charge < -0.3 is 10.2 Å². The van der Waals surface area contributed by atoms with Gasteiger partial charge in [0.25, 0.3) is 12.3 Å². The standard InChI is InChI=1S/C14H15F2N3O/c1-17-13-7-10(14(20)19(2)8-12(15)16)9-5-3-4-6-11(9)18-13/h3-7,12H,8H2,1-2H3,(H,17,18). The molecule has 0 fully saturated rings. The van der Waals surface area contributed by atoms with Gasteiger partial charge in [0.2, 0.25) is 0 Å². The largest absolute Gasteiger partial charge is 0.373 e. The van der Waals surface area contributed by atoms with E-state index in [-0.39, 0.29) is 0 Å². The number of fused-ring (bicyclic) bond motifs is 1. The molecule has 0 atom stereocenters. The van der Waals surface area contributed by atoms with Gasteiger partial charge in [-0.05, 0) is 12.1 Å². The third kappa shape index (κ3) is 2.84. The molecule has 20 heavy (non-hydrogen) atoms. The smallest absolute Gasteiger partial charge is 0.255 e. The topological polar surface area (TPSA) is 45.2 Å². The molecule has 4 nitrogen and oxygen atoms in total. The van der Waals surface area contributed by atoms with Gasteiger partial charge in [0.05, 0.1) is 17.6 Å². The molecule has 2 rings (SSSR count). The number of hydrogen-bond donors (Lipinski definition) is 1. The lowest BCUT2D eigenvalue weighted by Gasteiger charge is -2.18. The van der Waals surface area contributed by atoms with Crippen LogP contribution in [0.2, 0.25) is 0 Å². The first-order valence-corrected chi connectivity index (χ1v) is 6.14. The number of rotatable bonds is 4. The normalized spacial score (nSPS) is 10.8. The summed E-state index contributed by atoms with van der Waals surface area (Å²) in [6, 6.07) is 8.71. The highest BCUT2D eigenvalue weighted by Crippen LogP contribution is 2.22. The molecule has 0 aliphatic rings. The Bertz CT molecular complexity index is 631. The second-order valence-electron chi connectivity index (χ2n) is 4.40. The van der Waals surface area contributed by atoms with Gasteiger partial charge in [-0.15, -0.1) is 0 Å². The molecule has 0 unspecified atom stereocenters. The quantitative estimate of drug-likeness (QED) is 0.935. The SMILES string of the molecule is CNc1cc(C(=O)N(C)CC(F)F)c2ccccc2n1. The third-order valence-corrected chi connectivity index (χ3v) is 2.96. The summed E-state index contributed by atoms with van der Waals surface area (Å²) in [6.07, 6.45) is -2.55. The predicted octanol–water partition coefficient (Wildman–Crippen LogP) is 2.61. The van der Waals surface area contributed by atoms with E-state index in [9.17, 15) is 13.6 Å². The van der Waals surface area contributed by atoms with Crippen molar-refractivity contribution in [2.75, 3.05) is 26.0 Å². The Labute approximate surface area is 115 Å². The van der Waals surface area contributed by atoms with Gasteiger partial charge >= 0.3 is 0 Å². The van der Waals surface area contributed by atoms with Crippen LogP contribution in [0.4, 0.5) is 14.6 Å². The van der Waals surface area contributed by atoms with Crippen LogP contribution in [0, 0.1) is 0 Å². The highest BCUT2D eigenvalue weighted by Gasteiger charge is 2.19. The van der Waals surface area contributed by atoms with Gasteiger partial charge in [0.1, 0.15) is 5.82 Å². The fourth-order valence-electron chi connectivity index (χ4n) is 1.98. The first kappa shape index (κ1) is 14.2. The lowest BCUT2D eigenvalue weighted by molar-refractivity contribution is 0.0622. The molecule has 1 amide bonds. The molecular weight excluding hydrogens is 264 g/mol. The summed E-state index contributed by atoms with van der Waals surface area (Å²) in [4.78, 5) is 17.6. The van der Waals surface area contributed by atoms with Crippen molar-refractivity contribution in [3.8, 4) is 0 Å². The molecule has 1 aromatic carbocycles. The minimum atomic E-state index is -2.55. The molecule has 2 aromatic rings. The van der Waals surface area contributed by atoms with Crippen LogP contribution in [-0.2, 0) is 0 Å². The van der Waals surface area contributed by atoms with Crippen molar-refractivity contribution in [3.05, 3.63) is 35.9 Å². The van der Waals surface area contributed by atoms with E-state index in [0.29, 0.717) is 22.3 Å². The lowest BCUT2D eigenvalue weighted by Crippen LogP contribution is -2.31. The molecule has 0 saturated carbocycles. The fourth-order valence-corrected chi connectivity index (χ4v) is 1.98. The Morgan fingerprint density at radius 2 is 2.10 bits per heavy atom. The second kappa shape index (κ2) is 5.81. The Morgan fingerprint density at radius 1 is 1.40 bits per heavy atom. The molecular formula is C14H15F2N3O. The van der Waals surface area contributed by atoms with Crippen LogP contribution < -0.4 is 5.32 Å². The van der Waals surface area contributed by atoms with E-state index in [1.807, 2.05) is 6.07 Å². The average molecular weight is 279 g/mol. The van der Waals surface area contributed by atoms with Crippen LogP contribution in [0.1, 0.15) is 10.4 Å². The minimum absolute atomic E-state index is 0.364. The van der Waals surface area contributed by atoms with Gasteiger partial charge in [-0.3, -0.25) is 4.79 Å². The number of carbonyl (C=O) groups excluding carboxylic acids is 1. The van der Waals surface area contributed by atoms with Crippen molar-refractivity contribution >= 4 is 22.6 Å². The van der Waals surface area contributed by atoms with Crippen molar-refractivity contribution < 1.29 is 13.6 Å². The number of pyridine rings is 1. The Kier molecular flexibility index (Phi) is 4.12. The zero-order valence-corrected chi connectivity index (χ0v) is 11.2. The summed E-state index contributed by atoms with van der Waals surface area (Å²) in [7, 11) is 3.05. The molecule has 0 spiro atoms. The third-order valence-electron chi connectivity index (χ3n) is 2.96. The molecule has 0 radical (unpaired) electrons. The van der Waals surface area contributed by atoms with E-state index in [1.54, 1.807) is 31.3 Å². The maximum Gasteiger partial charge on any atom is 0.255 e. The van der Waals surface area contributed by atoms with Crippen LogP contribution in [0.5, 0.6) is 0 Å². The summed E-state index contributed by atoms with van der Waals surface area (Å²) >= 11 is 0. The van der Waals surface area contributed by atoms with E-state index in [4.69, 9.17) is 0 Å². The Morgan fingerprint density at radius 3 is 2.75 bits per heavy atom. The highest BCUT2D eigenvalue weighted by atomic mass is 19.3. The number of para-hydroxylation sites is 1. The van der Waals surface area contributed by atoms with Gasteiger partial charge in [-0.1, -0.05) is 18.2 Å². The number of alkyl halides is 2. The van der Waals surface area contributed by atoms with Crippen LogP contribution in [0.25, 0.3) is 10.9 Å². The maximum atomic E-state index is 12.4. The number of halogens is 2. The predicted molar refractivity (Wildman–Crippen MR) is 74.3 cm³/mol. The summed E-state index contributed by atoms with van der Waals surface area (Å²) in [5.41, 5.74) is 1.01. The first-order valence-electron chi connectivity index (χ1n) is 6.14. The zero-order valence-electron chi connectivity index (χ0n) is 11.2. The summed E-state index contributed by atoms with van der Waals surface area (Å²) < 4.78 is 24.8. The minimum Gasteiger partial charge on any atom is -0.373 e. The van der Waals surface area contributed by atoms with E-state index in [1.165, 1.54) is 7.05 Å². The summed E-state index contributed by atoms with van der Waals surface area (Å²) in [5, 5.41) is 3.51. The molecule has 1 aromatic heterocycles. The van der Waals surface area contributed by atoms with Gasteiger partial charge in [-0.25, -0.2) is 13.8 Å². The molecule has 0 saturated heterocycles. The monoisotopic (exact) mass is 279 g/mol. The van der Waals surface area contributed by atoms with Crippen LogP contribution in [0.3, 0.4) is 0 Å². The van der Waals surface area contributed by atoms with Crippen molar-refractivity contribution in [2.45, 2.75) is 6.43 Å². The lowest BCUT2D eigenvalue weighted by atomic mass is 10.1. The average Bonchev–Trinajstić information content (AvgIpc) is 2.44. The van der Waals surface area contributed by atoms with Crippen molar-refractivity contribution in [1.82, 2.24) is 9.88 Å². The maximum absolute atomic E-state index is 12.4. The molecule has 1 heterocycles. The fraction of sp³-hybridized carbons (Fsp3) is 0.286. The number of benzene rings is 1. The number of nitrogens with zero attached hydrogens (tertiary/aromatic N) is 2.